The normalized spacial score (nSPS) is 11.5. The van der Waals surface area contributed by atoms with Gasteiger partial charge in [0.15, 0.2) is 6.29 Å². The molecule has 0 saturated heterocycles. The Bertz CT molecular complexity index is 429. The maximum atomic E-state index is 10.7. The lowest BCUT2D eigenvalue weighted by atomic mass is 10.0. The number of phenols is 2. The van der Waals surface area contributed by atoms with Crippen LogP contribution in [0.25, 0.3) is 6.08 Å². The van der Waals surface area contributed by atoms with E-state index in [2.05, 4.69) is 0 Å². The second-order valence-electron chi connectivity index (χ2n) is 3.28. The molecule has 4 nitrogen and oxygen atoms in total. The lowest BCUT2D eigenvalue weighted by Gasteiger charge is -2.08. The van der Waals surface area contributed by atoms with Crippen molar-refractivity contribution in [3.05, 3.63) is 28.5 Å². The summed E-state index contributed by atoms with van der Waals surface area (Å²) in [6.45, 7) is 2.93. The Kier molecular flexibility index (Phi) is 2.99. The Morgan fingerprint density at radius 3 is 2.47 bits per heavy atom. The molecule has 4 heteroatoms. The van der Waals surface area contributed by atoms with E-state index in [9.17, 15) is 15.0 Å². The minimum Gasteiger partial charge on any atom is -0.513 e. The molecule has 0 aliphatic rings. The quantitative estimate of drug-likeness (QED) is 0.514. The predicted molar refractivity (Wildman–Crippen MR) is 56.2 cm³/mol. The Morgan fingerprint density at radius 2 is 2.00 bits per heavy atom. The van der Waals surface area contributed by atoms with Gasteiger partial charge in [0, 0.05) is 5.56 Å². The highest BCUT2D eigenvalue weighted by Gasteiger charge is 2.12. The van der Waals surface area contributed by atoms with Crippen molar-refractivity contribution in [3.63, 3.8) is 0 Å². The van der Waals surface area contributed by atoms with Gasteiger partial charge in [0.05, 0.1) is 11.3 Å². The van der Waals surface area contributed by atoms with Gasteiger partial charge in [-0.05, 0) is 31.6 Å². The summed E-state index contributed by atoms with van der Waals surface area (Å²) in [5.41, 5.74) is 0.578. The van der Waals surface area contributed by atoms with Crippen LogP contribution in [-0.4, -0.2) is 21.6 Å². The maximum absolute atomic E-state index is 10.7. The fourth-order valence-electron chi connectivity index (χ4n) is 1.26. The first kappa shape index (κ1) is 11.1. The Labute approximate surface area is 87.1 Å². The van der Waals surface area contributed by atoms with Crippen molar-refractivity contribution in [3.8, 4) is 11.5 Å². The van der Waals surface area contributed by atoms with Gasteiger partial charge in [-0.2, -0.15) is 0 Å². The van der Waals surface area contributed by atoms with Gasteiger partial charge >= 0.3 is 0 Å². The molecule has 0 spiro atoms. The minimum atomic E-state index is -0.266. The zero-order chi connectivity index (χ0) is 11.6. The van der Waals surface area contributed by atoms with Crippen LogP contribution in [0.2, 0.25) is 0 Å². The third kappa shape index (κ3) is 2.10. The highest BCUT2D eigenvalue weighted by atomic mass is 16.3. The fraction of sp³-hybridized carbons (Fsp3) is 0.182. The summed E-state index contributed by atoms with van der Waals surface area (Å²) < 4.78 is 0. The molecule has 0 fully saturated rings. The van der Waals surface area contributed by atoms with E-state index in [1.54, 1.807) is 0 Å². The van der Waals surface area contributed by atoms with Crippen LogP contribution >= 0.6 is 0 Å². The second-order valence-corrected chi connectivity index (χ2v) is 3.28. The number of aliphatic hydroxyl groups is 1. The lowest BCUT2D eigenvalue weighted by Crippen LogP contribution is -1.91. The molecule has 1 aromatic rings. The molecule has 0 bridgehead atoms. The van der Waals surface area contributed by atoms with Crippen molar-refractivity contribution in [2.75, 3.05) is 0 Å². The Morgan fingerprint density at radius 1 is 1.40 bits per heavy atom. The summed E-state index contributed by atoms with van der Waals surface area (Å²) in [7, 11) is 0. The van der Waals surface area contributed by atoms with E-state index < -0.39 is 0 Å². The number of rotatable bonds is 2. The number of allylic oxidation sites excluding steroid dienone is 1. The number of aromatic hydroxyl groups is 2. The van der Waals surface area contributed by atoms with Crippen molar-refractivity contribution in [2.24, 2.45) is 0 Å². The Balaban J connectivity index is 3.52. The average molecular weight is 208 g/mol. The van der Waals surface area contributed by atoms with Crippen molar-refractivity contribution in [1.29, 1.82) is 0 Å². The monoisotopic (exact) mass is 208 g/mol. The van der Waals surface area contributed by atoms with E-state index in [-0.39, 0.29) is 33.9 Å². The summed E-state index contributed by atoms with van der Waals surface area (Å²) in [5.74, 6) is -0.399. The van der Waals surface area contributed by atoms with Gasteiger partial charge in [0.2, 0.25) is 0 Å². The van der Waals surface area contributed by atoms with Crippen LogP contribution in [0.4, 0.5) is 0 Å². The first-order chi connectivity index (χ1) is 6.97. The van der Waals surface area contributed by atoms with E-state index in [0.29, 0.717) is 6.29 Å². The third-order valence-corrected chi connectivity index (χ3v) is 2.08. The molecule has 1 rings (SSSR count). The standard InChI is InChI=1S/C11H12O4/c1-6(13)3-8-4-10(14)7(2)11(15)9(8)5-12/h3-5,13-15H,1-2H3/b6-3-. The molecule has 0 aliphatic carbocycles. The van der Waals surface area contributed by atoms with Crippen molar-refractivity contribution < 1.29 is 20.1 Å². The molecule has 1 aromatic carbocycles. The lowest BCUT2D eigenvalue weighted by molar-refractivity contribution is 0.112. The molecule has 0 heterocycles. The van der Waals surface area contributed by atoms with E-state index in [1.807, 2.05) is 0 Å². The van der Waals surface area contributed by atoms with Gasteiger partial charge in [0.25, 0.3) is 0 Å². The second kappa shape index (κ2) is 4.04. The van der Waals surface area contributed by atoms with Crippen LogP contribution < -0.4 is 0 Å². The van der Waals surface area contributed by atoms with Crippen LogP contribution in [-0.2, 0) is 0 Å². The van der Waals surface area contributed by atoms with Gasteiger partial charge in [0.1, 0.15) is 11.5 Å². The molecule has 0 amide bonds. The first-order valence-corrected chi connectivity index (χ1v) is 4.35. The summed E-state index contributed by atoms with van der Waals surface area (Å²) in [4.78, 5) is 10.7. The predicted octanol–water partition coefficient (Wildman–Crippen LogP) is 2.14. The molecule has 80 valence electrons. The first-order valence-electron chi connectivity index (χ1n) is 4.35. The Hall–Kier alpha value is -1.97. The van der Waals surface area contributed by atoms with Crippen molar-refractivity contribution >= 4 is 12.4 Å². The maximum Gasteiger partial charge on any atom is 0.154 e. The number of aldehydes is 1. The largest absolute Gasteiger partial charge is 0.513 e. The summed E-state index contributed by atoms with van der Waals surface area (Å²) in [6.07, 6.45) is 1.78. The molecule has 0 atom stereocenters. The van der Waals surface area contributed by atoms with Gasteiger partial charge in [-0.1, -0.05) is 0 Å². The number of benzene rings is 1. The zero-order valence-corrected chi connectivity index (χ0v) is 8.48. The van der Waals surface area contributed by atoms with Crippen LogP contribution in [0.1, 0.15) is 28.4 Å². The summed E-state index contributed by atoms with van der Waals surface area (Å²) >= 11 is 0. The number of hydrogen-bond donors (Lipinski definition) is 3. The topological polar surface area (TPSA) is 77.8 Å². The number of carbonyl (C=O) groups is 1. The molecule has 0 aromatic heterocycles. The van der Waals surface area contributed by atoms with Crippen molar-refractivity contribution in [1.82, 2.24) is 0 Å². The minimum absolute atomic E-state index is 0.0132. The third-order valence-electron chi connectivity index (χ3n) is 2.08. The van der Waals surface area contributed by atoms with Gasteiger partial charge in [-0.3, -0.25) is 4.79 Å². The van der Waals surface area contributed by atoms with E-state index >= 15 is 0 Å². The number of phenolic OH excluding ortho intramolecular Hbond substituents is 2. The zero-order valence-electron chi connectivity index (χ0n) is 8.48. The van der Waals surface area contributed by atoms with E-state index in [0.717, 1.165) is 0 Å². The number of carbonyl (C=O) groups excluding carboxylic acids is 1. The molecule has 3 N–H and O–H groups in total. The molecule has 0 aliphatic heterocycles. The molecular formula is C11H12O4. The molecule has 0 unspecified atom stereocenters. The highest BCUT2D eigenvalue weighted by molar-refractivity contribution is 5.87. The van der Waals surface area contributed by atoms with Crippen molar-refractivity contribution in [2.45, 2.75) is 13.8 Å². The summed E-state index contributed by atoms with van der Waals surface area (Å²) in [5, 5.41) is 28.1. The van der Waals surface area contributed by atoms with Crippen LogP contribution in [0.15, 0.2) is 11.8 Å². The molecular weight excluding hydrogens is 196 g/mol. The number of hydrogen-bond acceptors (Lipinski definition) is 4. The molecule has 15 heavy (non-hydrogen) atoms. The van der Waals surface area contributed by atoms with Gasteiger partial charge in [-0.15, -0.1) is 0 Å². The molecule has 0 saturated carbocycles. The van der Waals surface area contributed by atoms with Crippen LogP contribution in [0, 0.1) is 6.92 Å². The highest BCUT2D eigenvalue weighted by Crippen LogP contribution is 2.32. The van der Waals surface area contributed by atoms with Gasteiger partial charge in [-0.25, -0.2) is 0 Å². The molecule has 0 radical (unpaired) electrons. The van der Waals surface area contributed by atoms with Crippen LogP contribution in [0.5, 0.6) is 11.5 Å². The smallest absolute Gasteiger partial charge is 0.154 e. The SMILES string of the molecule is C/C(O)=C/c1cc(O)c(C)c(O)c1C=O. The fourth-order valence-corrected chi connectivity index (χ4v) is 1.26. The summed E-state index contributed by atoms with van der Waals surface area (Å²) in [6, 6.07) is 1.32. The van der Waals surface area contributed by atoms with Crippen LogP contribution in [0.3, 0.4) is 0 Å². The average Bonchev–Trinajstić information content (AvgIpc) is 2.14. The van der Waals surface area contributed by atoms with E-state index in [4.69, 9.17) is 5.11 Å². The van der Waals surface area contributed by atoms with Gasteiger partial charge < -0.3 is 15.3 Å². The van der Waals surface area contributed by atoms with E-state index in [1.165, 1.54) is 26.0 Å². The number of aliphatic hydroxyl groups excluding tert-OH is 1.